The molecule has 3 unspecified atom stereocenters. The average molecular weight is 432 g/mol. The van der Waals surface area contributed by atoms with Crippen molar-refractivity contribution < 1.29 is 36.8 Å². The molecule has 3 rings (SSSR count). The molecule has 0 bridgehead atoms. The molecule has 2 aliphatic heterocycles. The summed E-state index contributed by atoms with van der Waals surface area (Å²) < 4.78 is 129. The molecular formula is C24H38N2O4. The number of methoxy groups -OCH3 is 2. The zero-order valence-corrected chi connectivity index (χ0v) is 17.9. The average Bonchev–Trinajstić information content (AvgIpc) is 2.84. The molecule has 168 valence electrons. The van der Waals surface area contributed by atoms with Gasteiger partial charge in [-0.05, 0) is 47.8 Å². The SMILES string of the molecule is [2H]c1c(OC([2H])([2H])[2H])c(OC)c([2H])c2c1C([2H])([2H])C([2H])([2H])N1CC(CC(C)C)C([2H])(OC(=O)[C@@H](N)C(C)C)C([2H])([2H])C21[2H]. The molecule has 2 aliphatic rings. The van der Waals surface area contributed by atoms with E-state index in [1.54, 1.807) is 27.7 Å². The minimum atomic E-state index is -3.41. The number of nitrogens with zero attached hydrogens (tertiary/aromatic N) is 1. The standard InChI is InChI=1S/C24H38N2O4/c1-14(2)9-17-13-26-8-7-16-10-21(28-5)22(29-6)11-18(16)19(26)12-20(17)30-24(27)23(25)15(3)4/h10-11,14-15,17,19-20,23H,7-9,12-13,25H2,1-6H3/t17?,19?,20?,23-/m0/s1/i5D3,7D2,8D2,10D,11D,12D2,19D,20D. The van der Waals surface area contributed by atoms with Gasteiger partial charge in [0.2, 0.25) is 0 Å². The van der Waals surface area contributed by atoms with Crippen molar-refractivity contribution in [3.05, 3.63) is 23.2 Å². The molecule has 1 saturated heterocycles. The van der Waals surface area contributed by atoms with Gasteiger partial charge in [0.25, 0.3) is 0 Å². The van der Waals surface area contributed by atoms with E-state index < -0.39 is 103 Å². The maximum absolute atomic E-state index is 13.1. The van der Waals surface area contributed by atoms with Gasteiger partial charge in [-0.1, -0.05) is 27.7 Å². The normalized spacial score (nSPS) is 41.6. The van der Waals surface area contributed by atoms with Gasteiger partial charge >= 0.3 is 5.97 Å². The lowest BCUT2D eigenvalue weighted by Gasteiger charge is -2.47. The van der Waals surface area contributed by atoms with Crippen LogP contribution >= 0.6 is 0 Å². The van der Waals surface area contributed by atoms with Gasteiger partial charge in [0.1, 0.15) is 12.1 Å². The number of hydrogen-bond donors (Lipinski definition) is 1. The molecule has 0 radical (unpaired) electrons. The Hall–Kier alpha value is -1.79. The topological polar surface area (TPSA) is 74.0 Å². The second-order valence-corrected chi connectivity index (χ2v) is 8.17. The summed E-state index contributed by atoms with van der Waals surface area (Å²) in [5, 5.41) is 0. The van der Waals surface area contributed by atoms with Crippen molar-refractivity contribution in [2.75, 3.05) is 27.2 Å². The third-order valence-electron chi connectivity index (χ3n) is 5.03. The van der Waals surface area contributed by atoms with Crippen LogP contribution in [0.3, 0.4) is 0 Å². The smallest absolute Gasteiger partial charge is 0.323 e. The van der Waals surface area contributed by atoms with E-state index in [1.165, 1.54) is 0 Å². The quantitative estimate of drug-likeness (QED) is 0.666. The van der Waals surface area contributed by atoms with Crippen LogP contribution in [0.5, 0.6) is 11.5 Å². The summed E-state index contributed by atoms with van der Waals surface area (Å²) in [5.74, 6) is -4.82. The van der Waals surface area contributed by atoms with Crippen LogP contribution in [-0.4, -0.2) is 50.2 Å². The maximum Gasteiger partial charge on any atom is 0.323 e. The van der Waals surface area contributed by atoms with Gasteiger partial charge in [-0.2, -0.15) is 0 Å². The number of esters is 1. The van der Waals surface area contributed by atoms with Gasteiger partial charge in [-0.15, -0.1) is 0 Å². The van der Waals surface area contributed by atoms with Gasteiger partial charge in [-0.25, -0.2) is 0 Å². The van der Waals surface area contributed by atoms with E-state index >= 15 is 0 Å². The first-order valence-corrected chi connectivity index (χ1v) is 9.92. The Morgan fingerprint density at radius 1 is 1.37 bits per heavy atom. The number of carbonyl (C=O) groups is 1. The van der Waals surface area contributed by atoms with Crippen molar-refractivity contribution in [2.24, 2.45) is 23.5 Å². The Morgan fingerprint density at radius 3 is 2.73 bits per heavy atom. The number of benzene rings is 1. The van der Waals surface area contributed by atoms with Crippen molar-refractivity contribution >= 4 is 5.97 Å². The monoisotopic (exact) mass is 431 g/mol. The first-order valence-electron chi connectivity index (χ1n) is 16.4. The van der Waals surface area contributed by atoms with E-state index in [0.717, 1.165) is 7.11 Å². The number of carbonyl (C=O) groups excluding carboxylic acids is 1. The Morgan fingerprint density at radius 2 is 2.10 bits per heavy atom. The van der Waals surface area contributed by atoms with Crippen LogP contribution < -0.4 is 15.2 Å². The van der Waals surface area contributed by atoms with Gasteiger partial charge in [0, 0.05) is 39.6 Å². The molecular weight excluding hydrogens is 380 g/mol. The summed E-state index contributed by atoms with van der Waals surface area (Å²) in [6.07, 6.45) is -9.57. The van der Waals surface area contributed by atoms with Crippen LogP contribution in [0.25, 0.3) is 0 Å². The highest BCUT2D eigenvalue weighted by atomic mass is 16.5. The van der Waals surface area contributed by atoms with E-state index in [-0.39, 0.29) is 12.3 Å². The number of fused-ring (bicyclic) bond motifs is 3. The molecule has 1 fully saturated rings. The lowest BCUT2D eigenvalue weighted by atomic mass is 9.79. The lowest BCUT2D eigenvalue weighted by Crippen LogP contribution is -2.51. The van der Waals surface area contributed by atoms with Crippen LogP contribution in [-0.2, 0) is 15.9 Å². The second-order valence-electron chi connectivity index (χ2n) is 8.17. The molecule has 2 heterocycles. The highest BCUT2D eigenvalue weighted by Crippen LogP contribution is 2.44. The van der Waals surface area contributed by atoms with E-state index in [2.05, 4.69) is 0 Å². The number of ether oxygens (including phenoxy) is 3. The molecule has 30 heavy (non-hydrogen) atoms. The largest absolute Gasteiger partial charge is 0.493 e. The molecule has 1 aromatic carbocycles. The first kappa shape index (κ1) is 11.2. The van der Waals surface area contributed by atoms with Crippen molar-refractivity contribution in [3.8, 4) is 11.5 Å². The lowest BCUT2D eigenvalue weighted by molar-refractivity contribution is -0.160. The van der Waals surface area contributed by atoms with Crippen molar-refractivity contribution in [1.29, 1.82) is 0 Å². The summed E-state index contributed by atoms with van der Waals surface area (Å²) in [7, 11) is -2.22. The summed E-state index contributed by atoms with van der Waals surface area (Å²) in [6, 6.07) is -6.49. The van der Waals surface area contributed by atoms with Crippen molar-refractivity contribution in [2.45, 2.75) is 65.0 Å². The summed E-state index contributed by atoms with van der Waals surface area (Å²) in [6.45, 7) is 2.77. The van der Waals surface area contributed by atoms with Crippen LogP contribution in [0, 0.1) is 17.8 Å². The fourth-order valence-corrected chi connectivity index (χ4v) is 3.36. The highest BCUT2D eigenvalue weighted by molar-refractivity contribution is 5.76. The predicted molar refractivity (Wildman–Crippen MR) is 118 cm³/mol. The molecule has 4 atom stereocenters. The fourth-order valence-electron chi connectivity index (χ4n) is 3.36. The maximum atomic E-state index is 13.1. The fraction of sp³-hybridized carbons (Fsp3) is 0.708. The molecule has 0 amide bonds. The molecule has 6 nitrogen and oxygen atoms in total. The van der Waals surface area contributed by atoms with E-state index in [1.807, 2.05) is 0 Å². The summed E-state index contributed by atoms with van der Waals surface area (Å²) in [4.78, 5) is 13.7. The molecule has 1 aromatic rings. The molecule has 2 N–H and O–H groups in total. The molecule has 0 aliphatic carbocycles. The van der Waals surface area contributed by atoms with Gasteiger partial charge < -0.3 is 19.9 Å². The van der Waals surface area contributed by atoms with Crippen LogP contribution in [0.15, 0.2) is 12.1 Å². The molecule has 0 aromatic heterocycles. The van der Waals surface area contributed by atoms with Crippen LogP contribution in [0.1, 0.15) is 75.5 Å². The third kappa shape index (κ3) is 4.75. The second kappa shape index (κ2) is 9.56. The number of nitrogens with two attached hydrogens (primary N) is 1. The Labute approximate surface area is 199 Å². The first-order chi connectivity index (χ1) is 19.3. The summed E-state index contributed by atoms with van der Waals surface area (Å²) >= 11 is 0. The van der Waals surface area contributed by atoms with Gasteiger partial charge in [-0.3, -0.25) is 9.69 Å². The molecule has 0 spiro atoms. The Bertz CT molecular complexity index is 1270. The number of rotatable bonds is 7. The highest BCUT2D eigenvalue weighted by Gasteiger charge is 2.41. The third-order valence-corrected chi connectivity index (χ3v) is 5.03. The van der Waals surface area contributed by atoms with Gasteiger partial charge in [0.05, 0.1) is 23.7 Å². The van der Waals surface area contributed by atoms with E-state index in [9.17, 15) is 10.3 Å². The van der Waals surface area contributed by atoms with Crippen molar-refractivity contribution in [1.82, 2.24) is 4.90 Å². The van der Waals surface area contributed by atoms with Gasteiger partial charge in [0.15, 0.2) is 11.5 Å². The number of piperidine rings is 1. The Balaban J connectivity index is 2.50. The minimum absolute atomic E-state index is 0.00215. The van der Waals surface area contributed by atoms with Crippen LogP contribution in [0.4, 0.5) is 0 Å². The molecule has 0 saturated carbocycles. The van der Waals surface area contributed by atoms with Crippen molar-refractivity contribution in [3.63, 3.8) is 0 Å². The predicted octanol–water partition coefficient (Wildman–Crippen LogP) is 3.56. The number of hydrogen-bond acceptors (Lipinski definition) is 6. The minimum Gasteiger partial charge on any atom is -0.493 e. The van der Waals surface area contributed by atoms with E-state index in [4.69, 9.17) is 32.3 Å². The zero-order valence-electron chi connectivity index (χ0n) is 30.9. The van der Waals surface area contributed by atoms with Crippen LogP contribution in [0.2, 0.25) is 0 Å². The van der Waals surface area contributed by atoms with E-state index in [0.29, 0.717) is 4.90 Å². The molecule has 6 heteroatoms. The summed E-state index contributed by atoms with van der Waals surface area (Å²) in [5.41, 5.74) is 4.05. The Kier molecular flexibility index (Phi) is 3.57. The zero-order chi connectivity index (χ0) is 33.5.